The third kappa shape index (κ3) is 39.1. The van der Waals surface area contributed by atoms with Gasteiger partial charge in [-0.25, -0.2) is 9.13 Å². The van der Waals surface area contributed by atoms with Gasteiger partial charge in [-0.15, -0.1) is 0 Å². The Kier molecular flexibility index (Phi) is 35.2. The van der Waals surface area contributed by atoms with Crippen LogP contribution in [0, 0.1) is 0 Å². The number of phosphoric acid groups is 2. The fourth-order valence-corrected chi connectivity index (χ4v) is 6.72. The van der Waals surface area contributed by atoms with Crippen LogP contribution in [0.15, 0.2) is 24.3 Å². The molecule has 0 saturated carbocycles. The number of aliphatic hydroxyl groups is 1. The molecule has 0 rings (SSSR count). The summed E-state index contributed by atoms with van der Waals surface area (Å²) in [5, 5.41) is 9.73. The van der Waals surface area contributed by atoms with Crippen LogP contribution in [-0.2, 0) is 46.6 Å². The lowest BCUT2D eigenvalue weighted by Crippen LogP contribution is -2.30. The minimum Gasteiger partial charge on any atom is -0.462 e. The van der Waals surface area contributed by atoms with E-state index in [-0.39, 0.29) is 18.6 Å². The molecule has 3 atom stereocenters. The molecule has 0 aliphatic rings. The molecule has 4 N–H and O–H groups in total. The van der Waals surface area contributed by atoms with Crippen molar-refractivity contribution in [3.8, 4) is 0 Å². The van der Waals surface area contributed by atoms with E-state index in [2.05, 4.69) is 22.9 Å². The molecule has 0 fully saturated rings. The van der Waals surface area contributed by atoms with Crippen molar-refractivity contribution in [2.24, 2.45) is 0 Å². The SMILES string of the molecule is CCCCCCCCCCCCCCCC(=O)O[C@H](COC(=O)CCCCCCC/C=C\C=C\C(=O)CCCCC)COP(=O)(O)OC[C@@H](O)COP(=O)(O)O. The fourth-order valence-electron chi connectivity index (χ4n) is 5.56. The normalized spacial score (nSPS) is 14.2. The zero-order valence-electron chi connectivity index (χ0n) is 34.2. The number of hydrogen-bond acceptors (Lipinski definition) is 11. The highest BCUT2D eigenvalue weighted by atomic mass is 31.2. The number of hydrogen-bond donors (Lipinski definition) is 4. The van der Waals surface area contributed by atoms with Gasteiger partial charge in [-0.1, -0.05) is 141 Å². The third-order valence-corrected chi connectivity index (χ3v) is 10.2. The van der Waals surface area contributed by atoms with Crippen molar-refractivity contribution in [3.05, 3.63) is 24.3 Å². The second-order valence-electron chi connectivity index (χ2n) is 14.3. The highest BCUT2D eigenvalue weighted by Gasteiger charge is 2.28. The van der Waals surface area contributed by atoms with Crippen molar-refractivity contribution < 1.29 is 66.3 Å². The smallest absolute Gasteiger partial charge is 0.462 e. The van der Waals surface area contributed by atoms with Gasteiger partial charge in [-0.05, 0) is 38.2 Å². The minimum absolute atomic E-state index is 0.118. The van der Waals surface area contributed by atoms with E-state index in [1.807, 2.05) is 12.2 Å². The highest BCUT2D eigenvalue weighted by Crippen LogP contribution is 2.43. The number of ketones is 1. The van der Waals surface area contributed by atoms with E-state index in [9.17, 15) is 33.5 Å². The molecular formula is C40H74O14P2. The Bertz CT molecular complexity index is 1160. The summed E-state index contributed by atoms with van der Waals surface area (Å²) in [6.07, 6.45) is 28.7. The zero-order valence-corrected chi connectivity index (χ0v) is 36.0. The van der Waals surface area contributed by atoms with Crippen molar-refractivity contribution in [2.75, 3.05) is 26.4 Å². The van der Waals surface area contributed by atoms with Crippen LogP contribution in [0.5, 0.6) is 0 Å². The Labute approximate surface area is 336 Å². The standard InChI is InChI=1S/C40H74O14P2/c1-3-5-7-8-9-10-11-12-13-16-20-23-27-31-40(44)54-38(35-53-56(48,49)52-33-37(42)32-51-55(45,46)47)34-50-39(43)30-26-22-19-17-14-15-18-21-25-29-36(41)28-24-6-4-2/h18,21,25,29,37-38,42H,3-17,19-20,22-24,26-28,30-35H2,1-2H3,(H,48,49)(H2,45,46,47)/b21-18-,29-25+/t37-,38+/m0/s1. The van der Waals surface area contributed by atoms with Crippen LogP contribution in [0.25, 0.3) is 0 Å². The summed E-state index contributed by atoms with van der Waals surface area (Å²) >= 11 is 0. The van der Waals surface area contributed by atoms with Gasteiger partial charge >= 0.3 is 27.6 Å². The number of rotatable bonds is 40. The van der Waals surface area contributed by atoms with E-state index in [4.69, 9.17) is 23.8 Å². The first-order valence-corrected chi connectivity index (χ1v) is 24.0. The van der Waals surface area contributed by atoms with Crippen molar-refractivity contribution >= 4 is 33.4 Å². The first kappa shape index (κ1) is 54.3. The first-order valence-electron chi connectivity index (χ1n) is 21.0. The van der Waals surface area contributed by atoms with Crippen molar-refractivity contribution in [1.82, 2.24) is 0 Å². The van der Waals surface area contributed by atoms with Gasteiger partial charge in [0.2, 0.25) is 0 Å². The monoisotopic (exact) mass is 840 g/mol. The Morgan fingerprint density at radius 3 is 1.59 bits per heavy atom. The first-order chi connectivity index (χ1) is 26.8. The summed E-state index contributed by atoms with van der Waals surface area (Å²) in [5.41, 5.74) is 0. The number of aliphatic hydroxyl groups excluding tert-OH is 1. The average Bonchev–Trinajstić information content (AvgIpc) is 3.15. The maximum atomic E-state index is 12.6. The summed E-state index contributed by atoms with van der Waals surface area (Å²) in [4.78, 5) is 64.3. The largest absolute Gasteiger partial charge is 0.472 e. The fraction of sp³-hybridized carbons (Fsp3) is 0.825. The van der Waals surface area contributed by atoms with Gasteiger partial charge in [0.15, 0.2) is 11.9 Å². The molecule has 0 aromatic heterocycles. The van der Waals surface area contributed by atoms with Crippen LogP contribution >= 0.6 is 15.6 Å². The number of ether oxygens (including phenoxy) is 2. The quantitative estimate of drug-likeness (QED) is 0.0149. The van der Waals surface area contributed by atoms with Gasteiger partial charge in [0.1, 0.15) is 12.7 Å². The molecule has 16 heteroatoms. The molecule has 0 heterocycles. The lowest BCUT2D eigenvalue weighted by molar-refractivity contribution is -0.161. The highest BCUT2D eigenvalue weighted by molar-refractivity contribution is 7.47. The van der Waals surface area contributed by atoms with Crippen LogP contribution in [0.4, 0.5) is 0 Å². The molecule has 0 radical (unpaired) electrons. The number of phosphoric ester groups is 2. The molecule has 328 valence electrons. The molecule has 0 spiro atoms. The average molecular weight is 841 g/mol. The molecule has 0 aromatic carbocycles. The zero-order chi connectivity index (χ0) is 41.8. The summed E-state index contributed by atoms with van der Waals surface area (Å²) in [6.45, 7) is 1.56. The lowest BCUT2D eigenvalue weighted by Gasteiger charge is -2.20. The number of allylic oxidation sites excluding steroid dienone is 4. The molecule has 0 aromatic rings. The van der Waals surface area contributed by atoms with E-state index in [1.165, 1.54) is 57.8 Å². The molecule has 0 bridgehead atoms. The van der Waals surface area contributed by atoms with Crippen LogP contribution in [-0.4, -0.2) is 76.1 Å². The second kappa shape index (κ2) is 36.4. The van der Waals surface area contributed by atoms with Crippen LogP contribution < -0.4 is 0 Å². The predicted octanol–water partition coefficient (Wildman–Crippen LogP) is 9.52. The summed E-state index contributed by atoms with van der Waals surface area (Å²) in [7, 11) is -9.69. The topological polar surface area (TPSA) is 212 Å². The number of esters is 2. The molecule has 0 aliphatic carbocycles. The van der Waals surface area contributed by atoms with Crippen molar-refractivity contribution in [2.45, 2.75) is 187 Å². The summed E-state index contributed by atoms with van der Waals surface area (Å²) in [5.74, 6) is -0.936. The molecule has 0 saturated heterocycles. The molecule has 0 aliphatic heterocycles. The number of carbonyl (C=O) groups is 3. The molecule has 0 amide bonds. The predicted molar refractivity (Wildman–Crippen MR) is 217 cm³/mol. The van der Waals surface area contributed by atoms with Gasteiger partial charge in [-0.3, -0.25) is 28.0 Å². The van der Waals surface area contributed by atoms with E-state index in [0.717, 1.165) is 70.6 Å². The van der Waals surface area contributed by atoms with Gasteiger partial charge in [0.25, 0.3) is 0 Å². The third-order valence-electron chi connectivity index (χ3n) is 8.81. The molecule has 56 heavy (non-hydrogen) atoms. The van der Waals surface area contributed by atoms with Gasteiger partial charge in [0, 0.05) is 19.3 Å². The van der Waals surface area contributed by atoms with E-state index in [0.29, 0.717) is 19.3 Å². The Morgan fingerprint density at radius 2 is 1.02 bits per heavy atom. The van der Waals surface area contributed by atoms with E-state index >= 15 is 0 Å². The molecule has 1 unspecified atom stereocenters. The van der Waals surface area contributed by atoms with Crippen LogP contribution in [0.3, 0.4) is 0 Å². The van der Waals surface area contributed by atoms with Crippen LogP contribution in [0.2, 0.25) is 0 Å². The van der Waals surface area contributed by atoms with Crippen molar-refractivity contribution in [1.29, 1.82) is 0 Å². The number of carbonyl (C=O) groups excluding carboxylic acids is 3. The van der Waals surface area contributed by atoms with E-state index < -0.39 is 66.2 Å². The molecular weight excluding hydrogens is 766 g/mol. The number of unbranched alkanes of at least 4 members (excludes halogenated alkanes) is 19. The van der Waals surface area contributed by atoms with Gasteiger partial charge in [-0.2, -0.15) is 0 Å². The Morgan fingerprint density at radius 1 is 0.554 bits per heavy atom. The van der Waals surface area contributed by atoms with Crippen molar-refractivity contribution in [3.63, 3.8) is 0 Å². The van der Waals surface area contributed by atoms with Gasteiger partial charge < -0.3 is 29.3 Å². The molecule has 14 nitrogen and oxygen atoms in total. The Hall–Kier alpha value is -1.73. The minimum atomic E-state index is -4.87. The van der Waals surface area contributed by atoms with Gasteiger partial charge in [0.05, 0.1) is 19.8 Å². The maximum absolute atomic E-state index is 12.6. The lowest BCUT2D eigenvalue weighted by atomic mass is 10.0. The summed E-state index contributed by atoms with van der Waals surface area (Å²) < 4.78 is 47.6. The summed E-state index contributed by atoms with van der Waals surface area (Å²) in [6, 6.07) is 0. The second-order valence-corrected chi connectivity index (χ2v) is 17.0. The Balaban J connectivity index is 4.58. The van der Waals surface area contributed by atoms with E-state index in [1.54, 1.807) is 12.2 Å². The maximum Gasteiger partial charge on any atom is 0.472 e. The van der Waals surface area contributed by atoms with Crippen LogP contribution in [0.1, 0.15) is 174 Å².